The van der Waals surface area contributed by atoms with Crippen LogP contribution in [-0.4, -0.2) is 23.4 Å². The van der Waals surface area contributed by atoms with E-state index in [-0.39, 0.29) is 11.9 Å². The third-order valence-corrected chi connectivity index (χ3v) is 4.43. The fraction of sp³-hybridized carbons (Fsp3) is 0.625. The van der Waals surface area contributed by atoms with Crippen molar-refractivity contribution in [2.24, 2.45) is 5.92 Å². The second-order valence-corrected chi connectivity index (χ2v) is 6.29. The maximum Gasteiger partial charge on any atom is 0.128 e. The largest absolute Gasteiger partial charge is 0.486 e. The summed E-state index contributed by atoms with van der Waals surface area (Å²) < 4.78 is 25.3. The molecule has 0 bridgehead atoms. The van der Waals surface area contributed by atoms with Crippen molar-refractivity contribution in [3.8, 4) is 5.75 Å². The number of fused-ring (bicyclic) bond motifs is 1. The Labute approximate surface area is 118 Å². The van der Waals surface area contributed by atoms with E-state index in [1.165, 1.54) is 12.1 Å². The summed E-state index contributed by atoms with van der Waals surface area (Å²) in [6, 6.07) is 4.35. The summed E-state index contributed by atoms with van der Waals surface area (Å²) in [6.45, 7) is 4.87. The van der Waals surface area contributed by atoms with Crippen LogP contribution in [0.15, 0.2) is 18.2 Å². The molecule has 2 unspecified atom stereocenters. The molecule has 0 amide bonds. The highest BCUT2D eigenvalue weighted by molar-refractivity contribution is 5.38. The lowest BCUT2D eigenvalue weighted by molar-refractivity contribution is -0.127. The molecule has 20 heavy (non-hydrogen) atoms. The first kappa shape index (κ1) is 13.8. The molecular weight excluding hydrogens is 259 g/mol. The fourth-order valence-corrected chi connectivity index (χ4v) is 3.24. The number of aliphatic hydroxyl groups excluding tert-OH is 1. The molecule has 3 atom stereocenters. The minimum Gasteiger partial charge on any atom is -0.486 e. The van der Waals surface area contributed by atoms with E-state index in [1.54, 1.807) is 6.07 Å². The third-order valence-electron chi connectivity index (χ3n) is 4.43. The van der Waals surface area contributed by atoms with Gasteiger partial charge < -0.3 is 14.6 Å². The standard InChI is InChI=1S/C16H21FO3/c1-10(2)15-9-16(5-6-19-15)8-13(18)12-4-3-11(17)7-14(12)20-16/h3-4,7,10,13,15,18H,5-6,8-9H2,1-2H3/t13-,15?,16?/m1/s1. The molecule has 4 heteroatoms. The van der Waals surface area contributed by atoms with E-state index >= 15 is 0 Å². The lowest BCUT2D eigenvalue weighted by Crippen LogP contribution is -2.49. The summed E-state index contributed by atoms with van der Waals surface area (Å²) in [5.41, 5.74) is 0.262. The van der Waals surface area contributed by atoms with Crippen LogP contribution in [0.1, 0.15) is 44.8 Å². The van der Waals surface area contributed by atoms with Crippen molar-refractivity contribution >= 4 is 0 Å². The molecule has 2 aliphatic rings. The van der Waals surface area contributed by atoms with Gasteiger partial charge in [0.15, 0.2) is 0 Å². The maximum absolute atomic E-state index is 13.4. The van der Waals surface area contributed by atoms with Crippen molar-refractivity contribution in [2.45, 2.75) is 50.9 Å². The molecule has 1 aromatic rings. The van der Waals surface area contributed by atoms with Crippen LogP contribution < -0.4 is 4.74 Å². The van der Waals surface area contributed by atoms with Gasteiger partial charge in [-0.15, -0.1) is 0 Å². The van der Waals surface area contributed by atoms with E-state index in [0.717, 1.165) is 12.8 Å². The van der Waals surface area contributed by atoms with Crippen LogP contribution in [0.25, 0.3) is 0 Å². The molecule has 1 aromatic carbocycles. The molecule has 0 aliphatic carbocycles. The Balaban J connectivity index is 1.89. The fourth-order valence-electron chi connectivity index (χ4n) is 3.24. The van der Waals surface area contributed by atoms with Gasteiger partial charge in [-0.25, -0.2) is 4.39 Å². The van der Waals surface area contributed by atoms with E-state index in [1.807, 2.05) is 0 Å². The summed E-state index contributed by atoms with van der Waals surface area (Å²) in [5, 5.41) is 10.4. The Morgan fingerprint density at radius 3 is 2.90 bits per heavy atom. The monoisotopic (exact) mass is 280 g/mol. The van der Waals surface area contributed by atoms with E-state index in [4.69, 9.17) is 9.47 Å². The van der Waals surface area contributed by atoms with Gasteiger partial charge in [0.25, 0.3) is 0 Å². The van der Waals surface area contributed by atoms with Crippen molar-refractivity contribution in [2.75, 3.05) is 6.61 Å². The predicted octanol–water partition coefficient (Wildman–Crippen LogP) is 3.22. The second-order valence-electron chi connectivity index (χ2n) is 6.29. The van der Waals surface area contributed by atoms with Crippen LogP contribution >= 0.6 is 0 Å². The average molecular weight is 280 g/mol. The van der Waals surface area contributed by atoms with Gasteiger partial charge in [0, 0.05) is 30.9 Å². The summed E-state index contributed by atoms with van der Waals surface area (Å²) >= 11 is 0. The number of rotatable bonds is 1. The molecule has 1 saturated heterocycles. The van der Waals surface area contributed by atoms with E-state index in [9.17, 15) is 9.50 Å². The molecule has 0 radical (unpaired) electrons. The first-order valence-electron chi connectivity index (χ1n) is 7.27. The van der Waals surface area contributed by atoms with Crippen molar-refractivity contribution < 1.29 is 19.0 Å². The summed E-state index contributed by atoms with van der Waals surface area (Å²) in [4.78, 5) is 0. The molecule has 3 rings (SSSR count). The molecule has 2 aliphatic heterocycles. The predicted molar refractivity (Wildman–Crippen MR) is 73.1 cm³/mol. The molecule has 0 aromatic heterocycles. The highest BCUT2D eigenvalue weighted by Gasteiger charge is 2.45. The number of halogens is 1. The van der Waals surface area contributed by atoms with Crippen LogP contribution in [0.4, 0.5) is 4.39 Å². The highest BCUT2D eigenvalue weighted by atomic mass is 19.1. The van der Waals surface area contributed by atoms with Crippen LogP contribution in [0.5, 0.6) is 5.75 Å². The molecule has 110 valence electrons. The lowest BCUT2D eigenvalue weighted by atomic mass is 9.79. The second kappa shape index (κ2) is 5.01. The first-order valence-corrected chi connectivity index (χ1v) is 7.27. The van der Waals surface area contributed by atoms with Gasteiger partial charge in [0.1, 0.15) is 17.2 Å². The Hall–Kier alpha value is -1.13. The van der Waals surface area contributed by atoms with Crippen molar-refractivity contribution in [1.29, 1.82) is 0 Å². The van der Waals surface area contributed by atoms with Gasteiger partial charge in [-0.05, 0) is 18.1 Å². The Kier molecular flexibility index (Phi) is 3.46. The zero-order valence-corrected chi connectivity index (χ0v) is 11.9. The van der Waals surface area contributed by atoms with E-state index in [0.29, 0.717) is 30.3 Å². The first-order chi connectivity index (χ1) is 9.49. The number of benzene rings is 1. The number of aliphatic hydroxyl groups is 1. The normalized spacial score (nSPS) is 33.0. The van der Waals surface area contributed by atoms with Crippen molar-refractivity contribution in [3.05, 3.63) is 29.6 Å². The Morgan fingerprint density at radius 1 is 1.35 bits per heavy atom. The van der Waals surface area contributed by atoms with Gasteiger partial charge in [0.05, 0.1) is 18.8 Å². The summed E-state index contributed by atoms with van der Waals surface area (Å²) in [7, 11) is 0. The van der Waals surface area contributed by atoms with Gasteiger partial charge in [-0.1, -0.05) is 13.8 Å². The third kappa shape index (κ3) is 2.42. The van der Waals surface area contributed by atoms with Gasteiger partial charge in [-0.3, -0.25) is 0 Å². The molecule has 0 saturated carbocycles. The van der Waals surface area contributed by atoms with Crippen molar-refractivity contribution in [1.82, 2.24) is 0 Å². The maximum atomic E-state index is 13.4. The number of hydrogen-bond donors (Lipinski definition) is 1. The SMILES string of the molecule is CC(C)C1CC2(CCO1)C[C@@H](O)c1ccc(F)cc1O2. The number of ether oxygens (including phenoxy) is 2. The van der Waals surface area contributed by atoms with Crippen molar-refractivity contribution in [3.63, 3.8) is 0 Å². The van der Waals surface area contributed by atoms with E-state index in [2.05, 4.69) is 13.8 Å². The zero-order chi connectivity index (χ0) is 14.3. The van der Waals surface area contributed by atoms with Gasteiger partial charge in [0.2, 0.25) is 0 Å². The van der Waals surface area contributed by atoms with Crippen LogP contribution in [0, 0.1) is 11.7 Å². The average Bonchev–Trinajstić information content (AvgIpc) is 2.37. The number of hydrogen-bond acceptors (Lipinski definition) is 3. The van der Waals surface area contributed by atoms with E-state index < -0.39 is 11.7 Å². The van der Waals surface area contributed by atoms with Crippen LogP contribution in [-0.2, 0) is 4.74 Å². The zero-order valence-electron chi connectivity index (χ0n) is 11.9. The quantitative estimate of drug-likeness (QED) is 0.858. The molecule has 1 N–H and O–H groups in total. The summed E-state index contributed by atoms with van der Waals surface area (Å²) in [5.74, 6) is 0.551. The minimum atomic E-state index is -0.592. The van der Waals surface area contributed by atoms with Gasteiger partial charge >= 0.3 is 0 Å². The molecular formula is C16H21FO3. The lowest BCUT2D eigenvalue weighted by Gasteiger charge is -2.46. The minimum absolute atomic E-state index is 0.131. The molecule has 1 spiro atoms. The molecule has 2 heterocycles. The molecule has 1 fully saturated rings. The Morgan fingerprint density at radius 2 is 2.15 bits per heavy atom. The van der Waals surface area contributed by atoms with Crippen LogP contribution in [0.2, 0.25) is 0 Å². The smallest absolute Gasteiger partial charge is 0.128 e. The Bertz CT molecular complexity index is 502. The van der Waals surface area contributed by atoms with Gasteiger partial charge in [-0.2, -0.15) is 0 Å². The molecule has 3 nitrogen and oxygen atoms in total. The highest BCUT2D eigenvalue weighted by Crippen LogP contribution is 2.45. The summed E-state index contributed by atoms with van der Waals surface area (Å²) in [6.07, 6.45) is 1.58. The topological polar surface area (TPSA) is 38.7 Å². The van der Waals surface area contributed by atoms with Crippen LogP contribution in [0.3, 0.4) is 0 Å².